The Balaban J connectivity index is 0.00000144. The standard InChI is InChI=1S/C22H19BrN6O.2ClH/c23-16-3-1-2-14(10-16)17-11-18(28-22-20(17)21(24)26-13-27-22)15-4-5-19(25-12-15)29-6-8-30-9-7-29;;/h1-5,10-13H,6-9H2,(H2,24,26,27,28);2*1H/p-2. The lowest BCUT2D eigenvalue weighted by molar-refractivity contribution is -0.001000. The Morgan fingerprint density at radius 3 is 2.47 bits per heavy atom. The summed E-state index contributed by atoms with van der Waals surface area (Å²) in [6, 6.07) is 14.2. The Morgan fingerprint density at radius 1 is 0.938 bits per heavy atom. The van der Waals surface area contributed by atoms with Crippen LogP contribution in [0.1, 0.15) is 0 Å². The van der Waals surface area contributed by atoms with Crippen molar-refractivity contribution in [3.05, 3.63) is 59.5 Å². The van der Waals surface area contributed by atoms with Gasteiger partial charge in [-0.2, -0.15) is 0 Å². The van der Waals surface area contributed by atoms with E-state index in [4.69, 9.17) is 15.5 Å². The first-order valence-electron chi connectivity index (χ1n) is 9.65. The zero-order valence-corrected chi connectivity index (χ0v) is 20.0. The van der Waals surface area contributed by atoms with E-state index < -0.39 is 0 Å². The molecule has 166 valence electrons. The van der Waals surface area contributed by atoms with Gasteiger partial charge in [-0.3, -0.25) is 0 Å². The third-order valence-electron chi connectivity index (χ3n) is 5.15. The first-order chi connectivity index (χ1) is 14.7. The Morgan fingerprint density at radius 2 is 1.75 bits per heavy atom. The lowest BCUT2D eigenvalue weighted by Crippen LogP contribution is -3.00. The van der Waals surface area contributed by atoms with Crippen LogP contribution in [0, 0.1) is 0 Å². The van der Waals surface area contributed by atoms with Gasteiger partial charge in [-0.15, -0.1) is 0 Å². The van der Waals surface area contributed by atoms with Crippen LogP contribution in [0.15, 0.2) is 59.5 Å². The molecule has 10 heteroatoms. The second-order valence-corrected chi connectivity index (χ2v) is 7.94. The molecule has 0 radical (unpaired) electrons. The number of ether oxygens (including phenoxy) is 1. The van der Waals surface area contributed by atoms with Crippen molar-refractivity contribution in [3.63, 3.8) is 0 Å². The molecule has 0 spiro atoms. The van der Waals surface area contributed by atoms with Gasteiger partial charge >= 0.3 is 0 Å². The van der Waals surface area contributed by atoms with Crippen molar-refractivity contribution in [2.24, 2.45) is 0 Å². The maximum absolute atomic E-state index is 6.19. The van der Waals surface area contributed by atoms with Crippen molar-refractivity contribution in [1.82, 2.24) is 19.9 Å². The van der Waals surface area contributed by atoms with Gasteiger partial charge < -0.3 is 40.2 Å². The fourth-order valence-corrected chi connectivity index (χ4v) is 4.04. The first-order valence-corrected chi connectivity index (χ1v) is 10.4. The second-order valence-electron chi connectivity index (χ2n) is 7.03. The van der Waals surface area contributed by atoms with Crippen LogP contribution in [-0.2, 0) is 4.74 Å². The molecule has 0 aliphatic carbocycles. The average Bonchev–Trinajstić information content (AvgIpc) is 2.79. The van der Waals surface area contributed by atoms with E-state index in [1.54, 1.807) is 0 Å². The summed E-state index contributed by atoms with van der Waals surface area (Å²) in [5.74, 6) is 1.36. The van der Waals surface area contributed by atoms with Crippen LogP contribution in [-0.4, -0.2) is 46.2 Å². The molecule has 7 nitrogen and oxygen atoms in total. The molecule has 1 fully saturated rings. The number of pyridine rings is 2. The quantitative estimate of drug-likeness (QED) is 0.324. The molecule has 1 aliphatic heterocycles. The summed E-state index contributed by atoms with van der Waals surface area (Å²) in [5, 5.41) is 0.747. The van der Waals surface area contributed by atoms with E-state index in [9.17, 15) is 0 Å². The fourth-order valence-electron chi connectivity index (χ4n) is 3.64. The SMILES string of the molecule is Nc1ncnc2nc(-c3ccc(N4CCOCC4)nc3)cc(-c3cccc(Br)c3)c12.[Cl-].[Cl-]. The minimum Gasteiger partial charge on any atom is -1.00 e. The molecular formula is C22H19BrCl2N6O-2. The number of fused-ring (bicyclic) bond motifs is 1. The van der Waals surface area contributed by atoms with E-state index in [2.05, 4.69) is 35.8 Å². The number of morpholine rings is 1. The van der Waals surface area contributed by atoms with Crippen molar-refractivity contribution < 1.29 is 29.6 Å². The van der Waals surface area contributed by atoms with E-state index in [-0.39, 0.29) is 24.8 Å². The predicted octanol–water partition coefficient (Wildman–Crippen LogP) is -2.06. The molecule has 2 N–H and O–H groups in total. The molecule has 0 amide bonds. The average molecular weight is 534 g/mol. The topological polar surface area (TPSA) is 90.0 Å². The molecule has 0 saturated carbocycles. The summed E-state index contributed by atoms with van der Waals surface area (Å²) in [4.78, 5) is 20.2. The van der Waals surface area contributed by atoms with E-state index >= 15 is 0 Å². The van der Waals surface area contributed by atoms with Crippen LogP contribution in [0.5, 0.6) is 0 Å². The van der Waals surface area contributed by atoms with Gasteiger partial charge in [-0.05, 0) is 41.5 Å². The zero-order valence-electron chi connectivity index (χ0n) is 16.9. The Kier molecular flexibility index (Phi) is 7.84. The summed E-state index contributed by atoms with van der Waals surface area (Å²) in [6.07, 6.45) is 3.30. The molecule has 5 rings (SSSR count). The maximum Gasteiger partial charge on any atom is 0.165 e. The normalized spacial score (nSPS) is 13.3. The molecule has 32 heavy (non-hydrogen) atoms. The highest BCUT2D eigenvalue weighted by molar-refractivity contribution is 9.10. The fraction of sp³-hybridized carbons (Fsp3) is 0.182. The lowest BCUT2D eigenvalue weighted by atomic mass is 10.0. The molecule has 3 aromatic heterocycles. The molecule has 1 saturated heterocycles. The van der Waals surface area contributed by atoms with Gasteiger partial charge in [0.1, 0.15) is 18.0 Å². The molecular weight excluding hydrogens is 515 g/mol. The van der Waals surface area contributed by atoms with Crippen LogP contribution in [0.2, 0.25) is 0 Å². The highest BCUT2D eigenvalue weighted by Gasteiger charge is 2.16. The van der Waals surface area contributed by atoms with Crippen LogP contribution in [0.25, 0.3) is 33.4 Å². The van der Waals surface area contributed by atoms with E-state index in [0.717, 1.165) is 64.4 Å². The zero-order chi connectivity index (χ0) is 20.5. The minimum atomic E-state index is 0. The second kappa shape index (κ2) is 10.4. The largest absolute Gasteiger partial charge is 1.00 e. The Bertz CT molecular complexity index is 1220. The predicted molar refractivity (Wildman–Crippen MR) is 121 cm³/mol. The van der Waals surface area contributed by atoms with Crippen molar-refractivity contribution in [2.75, 3.05) is 36.9 Å². The minimum absolute atomic E-state index is 0. The highest BCUT2D eigenvalue weighted by Crippen LogP contribution is 2.34. The number of halogens is 3. The molecule has 0 unspecified atom stereocenters. The number of hydrogen-bond acceptors (Lipinski definition) is 7. The van der Waals surface area contributed by atoms with Crippen LogP contribution in [0.3, 0.4) is 0 Å². The maximum atomic E-state index is 6.19. The van der Waals surface area contributed by atoms with Crippen LogP contribution in [0.4, 0.5) is 11.6 Å². The van der Waals surface area contributed by atoms with Crippen molar-refractivity contribution in [1.29, 1.82) is 0 Å². The van der Waals surface area contributed by atoms with Crippen molar-refractivity contribution >= 4 is 38.6 Å². The van der Waals surface area contributed by atoms with E-state index in [1.165, 1.54) is 6.33 Å². The molecule has 0 bridgehead atoms. The number of nitrogens with zero attached hydrogens (tertiary/aromatic N) is 5. The van der Waals surface area contributed by atoms with Gasteiger partial charge in [-0.25, -0.2) is 19.9 Å². The van der Waals surface area contributed by atoms with Gasteiger partial charge in [0.15, 0.2) is 5.65 Å². The van der Waals surface area contributed by atoms with Gasteiger partial charge in [0.25, 0.3) is 0 Å². The number of benzene rings is 1. The third kappa shape index (κ3) is 4.78. The molecule has 4 aromatic rings. The Hall–Kier alpha value is -2.52. The summed E-state index contributed by atoms with van der Waals surface area (Å²) in [6.45, 7) is 3.16. The highest BCUT2D eigenvalue weighted by atomic mass is 79.9. The number of anilines is 2. The van der Waals surface area contributed by atoms with Crippen molar-refractivity contribution in [2.45, 2.75) is 0 Å². The summed E-state index contributed by atoms with van der Waals surface area (Å²) in [5.41, 5.74) is 10.4. The lowest BCUT2D eigenvalue weighted by Gasteiger charge is -2.27. The van der Waals surface area contributed by atoms with Gasteiger partial charge in [-0.1, -0.05) is 28.1 Å². The van der Waals surface area contributed by atoms with Gasteiger partial charge in [0.05, 0.1) is 24.3 Å². The molecule has 1 aromatic carbocycles. The van der Waals surface area contributed by atoms with Crippen LogP contribution < -0.4 is 35.4 Å². The number of nitrogens with two attached hydrogens (primary N) is 1. The summed E-state index contributed by atoms with van der Waals surface area (Å²) >= 11 is 3.55. The van der Waals surface area contributed by atoms with Gasteiger partial charge in [0, 0.05) is 29.3 Å². The smallest absolute Gasteiger partial charge is 0.165 e. The summed E-state index contributed by atoms with van der Waals surface area (Å²) < 4.78 is 6.41. The Labute approximate surface area is 206 Å². The van der Waals surface area contributed by atoms with Crippen molar-refractivity contribution in [3.8, 4) is 22.4 Å². The van der Waals surface area contributed by atoms with E-state index in [1.807, 2.05) is 48.7 Å². The van der Waals surface area contributed by atoms with E-state index in [0.29, 0.717) is 11.5 Å². The number of hydrogen-bond donors (Lipinski definition) is 1. The number of rotatable bonds is 3. The third-order valence-corrected chi connectivity index (χ3v) is 5.64. The molecule has 1 aliphatic rings. The number of nitrogen functional groups attached to an aromatic ring is 1. The van der Waals surface area contributed by atoms with Gasteiger partial charge in [0.2, 0.25) is 0 Å². The first kappa shape index (κ1) is 24.1. The van der Waals surface area contributed by atoms with Crippen LogP contribution >= 0.6 is 15.9 Å². The number of aromatic nitrogens is 4. The molecule has 0 atom stereocenters. The molecule has 4 heterocycles. The monoisotopic (exact) mass is 532 g/mol. The summed E-state index contributed by atoms with van der Waals surface area (Å²) in [7, 11) is 0.